The van der Waals surface area contributed by atoms with Crippen LogP contribution in [0.15, 0.2) is 0 Å². The van der Waals surface area contributed by atoms with Gasteiger partial charge in [-0.2, -0.15) is 13.2 Å². The first-order valence-electron chi connectivity index (χ1n) is 34.6. The molecule has 4 heterocycles. The van der Waals surface area contributed by atoms with Gasteiger partial charge in [-0.3, -0.25) is 57.5 Å². The first kappa shape index (κ1) is 77.7. The van der Waals surface area contributed by atoms with Crippen LogP contribution >= 0.6 is 11.6 Å². The monoisotopic (exact) mass is 1360 g/mol. The van der Waals surface area contributed by atoms with Crippen LogP contribution in [0.2, 0.25) is 0 Å². The molecule has 4 saturated heterocycles. The lowest BCUT2D eigenvalue weighted by Gasteiger charge is -2.45. The molecule has 0 aromatic carbocycles. The second-order valence-corrected chi connectivity index (χ2v) is 29.3. The first-order valence-corrected chi connectivity index (χ1v) is 35.1. The van der Waals surface area contributed by atoms with E-state index in [0.29, 0.717) is 51.6 Å². The third-order valence-electron chi connectivity index (χ3n) is 21.4. The summed E-state index contributed by atoms with van der Waals surface area (Å²) >= 11 is 6.36. The van der Waals surface area contributed by atoms with Crippen molar-refractivity contribution >= 4 is 82.5 Å². The van der Waals surface area contributed by atoms with Gasteiger partial charge in [0.15, 0.2) is 0 Å². The van der Waals surface area contributed by atoms with Gasteiger partial charge in [-0.1, -0.05) is 67.7 Å². The fraction of sp³-hybridized carbons (Fsp3) is 0.821. The summed E-state index contributed by atoms with van der Waals surface area (Å²) in [6.45, 7) is 14.3. The summed E-state index contributed by atoms with van der Waals surface area (Å²) in [7, 11) is 8.49. The fourth-order valence-electron chi connectivity index (χ4n) is 14.9. The number of hydrogen-bond acceptors (Lipinski definition) is 12. The zero-order valence-corrected chi connectivity index (χ0v) is 59.3. The largest absolute Gasteiger partial charge is 0.393 e. The summed E-state index contributed by atoms with van der Waals surface area (Å²) in [5.74, 6) is -10.9. The fourth-order valence-corrected chi connectivity index (χ4v) is 15.5. The molecule has 0 radical (unpaired) electrons. The lowest BCUT2D eigenvalue weighted by Crippen LogP contribution is -2.65. The summed E-state index contributed by atoms with van der Waals surface area (Å²) in [5, 5.41) is 7.50. The van der Waals surface area contributed by atoms with E-state index in [9.17, 15) is 56.3 Å². The Hall–Kier alpha value is -6.28. The number of nitrogens with one attached hydrogen (secondary N) is 3. The van der Waals surface area contributed by atoms with Crippen molar-refractivity contribution in [2.45, 2.75) is 249 Å². The Labute approximate surface area is 564 Å². The number of rotatable bonds is 10. The number of piperidine rings is 1. The van der Waals surface area contributed by atoms with Crippen molar-refractivity contribution in [1.82, 2.24) is 60.0 Å². The van der Waals surface area contributed by atoms with Crippen LogP contribution < -0.4 is 16.0 Å². The zero-order valence-electron chi connectivity index (χ0n) is 58.6. The molecule has 2 saturated carbocycles. The number of carbonyl (C=O) groups excluding carboxylic acids is 12. The van der Waals surface area contributed by atoms with Gasteiger partial charge in [-0.25, -0.2) is 0 Å². The summed E-state index contributed by atoms with van der Waals surface area (Å²) < 4.78 is 41.7. The molecule has 3 N–H and O–H groups in total. The maximum absolute atomic E-state index is 15.4. The van der Waals surface area contributed by atoms with Gasteiger partial charge >= 0.3 is 6.18 Å². The molecule has 4 aliphatic heterocycles. The molecule has 28 heteroatoms. The van der Waals surface area contributed by atoms with Gasteiger partial charge in [0, 0.05) is 73.8 Å². The molecular weight excluding hydrogens is 1260 g/mol. The maximum atomic E-state index is 15.4. The maximum Gasteiger partial charge on any atom is 0.393 e. The molecule has 24 nitrogen and oxygen atoms in total. The number of likely N-dealkylation sites (N-methyl/N-ethyl adjacent to an activating group) is 6. The van der Waals surface area contributed by atoms with Crippen LogP contribution in [0.25, 0.3) is 0 Å². The predicted molar refractivity (Wildman–Crippen MR) is 349 cm³/mol. The van der Waals surface area contributed by atoms with Crippen molar-refractivity contribution < 1.29 is 70.7 Å². The van der Waals surface area contributed by atoms with Crippen LogP contribution in [-0.4, -0.2) is 261 Å². The first-order chi connectivity index (χ1) is 44.5. The molecule has 95 heavy (non-hydrogen) atoms. The van der Waals surface area contributed by atoms with Crippen LogP contribution in [0.5, 0.6) is 0 Å². The van der Waals surface area contributed by atoms with Crippen LogP contribution in [0.3, 0.4) is 0 Å². The van der Waals surface area contributed by atoms with Gasteiger partial charge in [0.25, 0.3) is 0 Å². The third-order valence-corrected chi connectivity index (χ3v) is 21.9. The smallest absolute Gasteiger partial charge is 0.343 e. The predicted octanol–water partition coefficient (Wildman–Crippen LogP) is 4.53. The summed E-state index contributed by atoms with van der Waals surface area (Å²) in [4.78, 5) is 189. The molecule has 6 rings (SSSR count). The Morgan fingerprint density at radius 1 is 0.632 bits per heavy atom. The van der Waals surface area contributed by atoms with E-state index >= 15 is 14.4 Å². The second kappa shape index (κ2) is 33.3. The van der Waals surface area contributed by atoms with E-state index in [0.717, 1.165) is 11.3 Å². The molecule has 1 spiro atoms. The Morgan fingerprint density at radius 2 is 1.26 bits per heavy atom. The molecule has 0 aromatic heterocycles. The number of fused-ring (bicyclic) bond motifs is 2. The summed E-state index contributed by atoms with van der Waals surface area (Å²) in [6.07, 6.45) is -0.0659. The zero-order chi connectivity index (χ0) is 70.9. The van der Waals surface area contributed by atoms with E-state index in [2.05, 4.69) is 16.0 Å². The van der Waals surface area contributed by atoms with E-state index in [4.69, 9.17) is 11.6 Å². The third kappa shape index (κ3) is 18.1. The van der Waals surface area contributed by atoms with Crippen LogP contribution in [0.1, 0.15) is 177 Å². The minimum Gasteiger partial charge on any atom is -0.343 e. The lowest BCUT2D eigenvalue weighted by molar-refractivity contribution is -0.182. The van der Waals surface area contributed by atoms with E-state index in [-0.39, 0.29) is 95.6 Å². The van der Waals surface area contributed by atoms with Gasteiger partial charge in [0.1, 0.15) is 59.9 Å². The van der Waals surface area contributed by atoms with Crippen LogP contribution in [-0.2, 0) is 57.5 Å². The van der Waals surface area contributed by atoms with Gasteiger partial charge in [-0.15, -0.1) is 11.6 Å². The molecule has 0 bridgehead atoms. The Morgan fingerprint density at radius 3 is 1.82 bits per heavy atom. The number of carbonyl (C=O) groups is 12. The quantitative estimate of drug-likeness (QED) is 0.255. The highest BCUT2D eigenvalue weighted by Crippen LogP contribution is 2.44. The number of likely N-dealkylation sites (tertiary alicyclic amines) is 1. The SMILES string of the molecule is CC[C@H](C)[C@@H]1NC(=O)[C@H](CC(C)C)N(C)C(=O)C[C@@H](C(=O)N2CCCCC2)N(C)C(=O)[C@H](C(C)C)N(C)C(=O)C2(CCCC2)NC(=O)[C@@H]2CCCN2C(=O)[C@H](CCC2CCC(C(F)(F)F)C(Cl)C2)NC(=O)CN(C)C(=O)[C@H](CC)N(C)C(=O)[C@@H]2CCN2C(=O)[C@H](C)N(C)C1=O. The Balaban J connectivity index is 1.40. The Bertz CT molecular complexity index is 2800. The van der Waals surface area contributed by atoms with Gasteiger partial charge < -0.3 is 60.0 Å². The van der Waals surface area contributed by atoms with Crippen molar-refractivity contribution in [3.8, 4) is 0 Å². The number of amides is 12. The van der Waals surface area contributed by atoms with Crippen molar-refractivity contribution in [2.75, 3.05) is 75.0 Å². The molecule has 6 fully saturated rings. The molecule has 2 aliphatic carbocycles. The van der Waals surface area contributed by atoms with Crippen LogP contribution in [0.4, 0.5) is 13.2 Å². The number of hydrogen-bond donors (Lipinski definition) is 3. The lowest BCUT2D eigenvalue weighted by atomic mass is 9.78. The van der Waals surface area contributed by atoms with Gasteiger partial charge in [0.05, 0.1) is 18.9 Å². The van der Waals surface area contributed by atoms with Crippen LogP contribution in [0, 0.1) is 29.6 Å². The molecule has 536 valence electrons. The highest BCUT2D eigenvalue weighted by atomic mass is 35.5. The molecule has 3 unspecified atom stereocenters. The van der Waals surface area contributed by atoms with E-state index in [1.807, 2.05) is 20.8 Å². The molecule has 13 atom stereocenters. The number of alkyl halides is 4. The standard InChI is InChI=1S/C67H108ClF3N12O12/c1-15-41(7)54-63(93)76(10)42(8)58(88)83-34-28-49(83)61(91)78(12)47(16-2)60(90)75(9)38-52(84)72-46(27-25-43-24-26-44(45(68)36-43)67(69,70)71)59(89)82-33-22-23-48(82)57(87)74-66(29-18-19-30-66)65(95)80(14)55(40(5)6)64(94)79(13)51(62(92)81-31-20-17-21-32-81)37-53(85)77(11)50(35-39(3)4)56(86)73-54/h39-51,54-55H,15-38H2,1-14H3,(H,72,84)(H,73,86)(H,74,87)/t41-,42-,43?,44?,45?,46-,47-,48-,49-,50-,51-,54-,55-/m0/s1. The van der Waals surface area contributed by atoms with Crippen molar-refractivity contribution in [2.24, 2.45) is 29.6 Å². The van der Waals surface area contributed by atoms with Crippen molar-refractivity contribution in [1.29, 1.82) is 0 Å². The average molecular weight is 1370 g/mol. The minimum atomic E-state index is -4.51. The molecule has 12 amide bonds. The molecule has 6 aliphatic rings. The van der Waals surface area contributed by atoms with Crippen molar-refractivity contribution in [3.63, 3.8) is 0 Å². The normalized spacial score (nSPS) is 30.8. The topological polar surface area (TPSA) is 270 Å². The Kier molecular flexibility index (Phi) is 27.3. The van der Waals surface area contributed by atoms with Crippen molar-refractivity contribution in [3.05, 3.63) is 0 Å². The second-order valence-electron chi connectivity index (χ2n) is 28.7. The van der Waals surface area contributed by atoms with E-state index < -0.39 is 173 Å². The van der Waals surface area contributed by atoms with Gasteiger partial charge in [-0.05, 0) is 127 Å². The van der Waals surface area contributed by atoms with Gasteiger partial charge in [0.2, 0.25) is 70.9 Å². The number of nitrogens with zero attached hydrogens (tertiary/aromatic N) is 9. The molecule has 0 aromatic rings. The number of halogens is 4. The highest BCUT2D eigenvalue weighted by molar-refractivity contribution is 6.21. The van der Waals surface area contributed by atoms with E-state index in [1.165, 1.54) is 83.5 Å². The summed E-state index contributed by atoms with van der Waals surface area (Å²) in [5.41, 5.74) is -1.56. The highest BCUT2D eigenvalue weighted by Gasteiger charge is 2.52. The van der Waals surface area contributed by atoms with E-state index in [1.54, 1.807) is 32.6 Å². The minimum absolute atomic E-state index is 0.00290. The molecular formula is C67H108ClF3N12O12. The summed E-state index contributed by atoms with van der Waals surface area (Å²) in [6, 6.07) is -10.8. The average Bonchev–Trinajstić information content (AvgIpc) is 1.77.